The number of aliphatic hydroxyl groups excluding tert-OH is 1. The van der Waals surface area contributed by atoms with Gasteiger partial charge in [-0.15, -0.1) is 11.8 Å². The van der Waals surface area contributed by atoms with Gasteiger partial charge < -0.3 is 20.4 Å². The highest BCUT2D eigenvalue weighted by Crippen LogP contribution is 2.24. The Labute approximate surface area is 225 Å². The molecule has 1 aromatic heterocycles. The second-order valence-electron chi connectivity index (χ2n) is 9.29. The number of carbonyl (C=O) groups is 2. The molecule has 4 rings (SSSR count). The van der Waals surface area contributed by atoms with Gasteiger partial charge in [0.25, 0.3) is 0 Å². The monoisotopic (exact) mass is 533 g/mol. The Kier molecular flexibility index (Phi) is 9.67. The molecule has 1 aliphatic heterocycles. The van der Waals surface area contributed by atoms with Gasteiger partial charge in [-0.1, -0.05) is 48.5 Å². The number of piperidine rings is 1. The quantitative estimate of drug-likeness (QED) is 0.271. The molecule has 0 aliphatic carbocycles. The molecular weight excluding hydrogens is 502 g/mol. The third-order valence-electron chi connectivity index (χ3n) is 6.67. The molecule has 1 aliphatic rings. The molecule has 3 N–H and O–H groups in total. The van der Waals surface area contributed by atoms with Crippen LogP contribution in [-0.4, -0.2) is 68.2 Å². The van der Waals surface area contributed by atoms with Crippen LogP contribution in [-0.2, 0) is 20.8 Å². The van der Waals surface area contributed by atoms with E-state index < -0.39 is 12.3 Å². The highest BCUT2D eigenvalue weighted by atomic mass is 32.2. The van der Waals surface area contributed by atoms with Crippen LogP contribution in [0.15, 0.2) is 72.4 Å². The molecule has 2 atom stereocenters. The normalized spacial score (nSPS) is 16.2. The molecule has 8 nitrogen and oxygen atoms in total. The standard InChI is InChI=1S/C29H31N3O5S/c33-17-23(29(36)37)18-38-19-27(34)32-14-6-4-10-26(32)28(35)31-25(24-9-3-5-13-30-24)16-20-11-12-21-7-1-2-8-22(21)15-20/h1-3,5,7-9,11-13,15,25-26,29,36-37H,4,6,10,14,16,18-19H2,(H,31,35)/t25?,26-/m0/s1. The number of amides is 2. The lowest BCUT2D eigenvalue weighted by Crippen LogP contribution is -2.53. The average molecular weight is 534 g/mol. The lowest BCUT2D eigenvalue weighted by atomic mass is 9.97. The summed E-state index contributed by atoms with van der Waals surface area (Å²) in [7, 11) is 0. The lowest BCUT2D eigenvalue weighted by Gasteiger charge is -2.35. The molecule has 38 heavy (non-hydrogen) atoms. The second-order valence-corrected chi connectivity index (χ2v) is 10.3. The Balaban J connectivity index is 1.47. The predicted octanol–water partition coefficient (Wildman–Crippen LogP) is 2.82. The van der Waals surface area contributed by atoms with E-state index in [1.165, 1.54) is 5.94 Å². The number of hydrogen-bond donors (Lipinski definition) is 3. The number of nitrogens with one attached hydrogen (secondary N) is 1. The van der Waals surface area contributed by atoms with Crippen molar-refractivity contribution < 1.29 is 24.6 Å². The minimum Gasteiger partial charge on any atom is -0.364 e. The molecule has 0 radical (unpaired) electrons. The van der Waals surface area contributed by atoms with Gasteiger partial charge in [0.2, 0.25) is 11.8 Å². The van der Waals surface area contributed by atoms with Crippen LogP contribution in [0.1, 0.15) is 36.6 Å². The van der Waals surface area contributed by atoms with Gasteiger partial charge in [0.15, 0.2) is 6.29 Å². The number of thioether (sulfide) groups is 1. The number of fused-ring (bicyclic) bond motifs is 1. The number of carbonyl (C=O) groups excluding carboxylic acids is 3. The van der Waals surface area contributed by atoms with Gasteiger partial charge in [-0.3, -0.25) is 14.6 Å². The smallest absolute Gasteiger partial charge is 0.243 e. The summed E-state index contributed by atoms with van der Waals surface area (Å²) >= 11 is 1.09. The first kappa shape index (κ1) is 27.5. The third-order valence-corrected chi connectivity index (χ3v) is 7.63. The van der Waals surface area contributed by atoms with E-state index in [0.717, 1.165) is 46.6 Å². The van der Waals surface area contributed by atoms with E-state index in [2.05, 4.69) is 40.6 Å². The van der Waals surface area contributed by atoms with E-state index in [-0.39, 0.29) is 34.9 Å². The van der Waals surface area contributed by atoms with Crippen molar-refractivity contribution in [2.45, 2.75) is 44.1 Å². The molecule has 1 unspecified atom stereocenters. The van der Waals surface area contributed by atoms with Crippen molar-refractivity contribution in [3.63, 3.8) is 0 Å². The van der Waals surface area contributed by atoms with Crippen molar-refractivity contribution in [1.82, 2.24) is 15.2 Å². The Bertz CT molecular complexity index is 1310. The van der Waals surface area contributed by atoms with E-state index in [0.29, 0.717) is 19.4 Å². The molecule has 1 fully saturated rings. The first-order chi connectivity index (χ1) is 18.5. The van der Waals surface area contributed by atoms with Crippen molar-refractivity contribution in [2.24, 2.45) is 0 Å². The molecule has 198 valence electrons. The van der Waals surface area contributed by atoms with Crippen molar-refractivity contribution in [3.8, 4) is 0 Å². The summed E-state index contributed by atoms with van der Waals surface area (Å²) in [6.07, 6.45) is 2.55. The molecule has 0 bridgehead atoms. The molecule has 9 heteroatoms. The van der Waals surface area contributed by atoms with Crippen LogP contribution >= 0.6 is 11.8 Å². The molecule has 3 aromatic rings. The van der Waals surface area contributed by atoms with Crippen LogP contribution in [0.25, 0.3) is 10.8 Å². The summed E-state index contributed by atoms with van der Waals surface area (Å²) in [6, 6.07) is 19.0. The summed E-state index contributed by atoms with van der Waals surface area (Å²) < 4.78 is 0. The first-order valence-electron chi connectivity index (χ1n) is 12.6. The zero-order chi connectivity index (χ0) is 26.9. The van der Waals surface area contributed by atoms with Crippen LogP contribution in [0.5, 0.6) is 0 Å². The van der Waals surface area contributed by atoms with Gasteiger partial charge in [-0.25, -0.2) is 4.79 Å². The zero-order valence-electron chi connectivity index (χ0n) is 21.0. The molecule has 0 spiro atoms. The average Bonchev–Trinajstić information content (AvgIpc) is 2.95. The van der Waals surface area contributed by atoms with Crippen LogP contribution in [0.3, 0.4) is 0 Å². The van der Waals surface area contributed by atoms with Crippen molar-refractivity contribution in [1.29, 1.82) is 0 Å². The summed E-state index contributed by atoms with van der Waals surface area (Å²) in [5.41, 5.74) is 1.59. The van der Waals surface area contributed by atoms with Crippen LogP contribution < -0.4 is 5.32 Å². The highest BCUT2D eigenvalue weighted by molar-refractivity contribution is 8.00. The Hall–Kier alpha value is -3.49. The number of aliphatic hydroxyl groups is 2. The fourth-order valence-electron chi connectivity index (χ4n) is 4.67. The van der Waals surface area contributed by atoms with Crippen molar-refractivity contribution in [2.75, 3.05) is 18.1 Å². The third kappa shape index (κ3) is 7.08. The number of nitrogens with zero attached hydrogens (tertiary/aromatic N) is 2. The van der Waals surface area contributed by atoms with E-state index in [1.807, 2.05) is 30.3 Å². The number of pyridine rings is 1. The molecule has 1 saturated heterocycles. The Morgan fingerprint density at radius 1 is 1.05 bits per heavy atom. The van der Waals surface area contributed by atoms with Gasteiger partial charge in [0, 0.05) is 18.5 Å². The van der Waals surface area contributed by atoms with Crippen molar-refractivity contribution in [3.05, 3.63) is 83.7 Å². The molecule has 2 aromatic carbocycles. The van der Waals surface area contributed by atoms with Gasteiger partial charge in [0.05, 0.1) is 23.1 Å². The predicted molar refractivity (Wildman–Crippen MR) is 147 cm³/mol. The van der Waals surface area contributed by atoms with Gasteiger partial charge in [-0.2, -0.15) is 0 Å². The summed E-state index contributed by atoms with van der Waals surface area (Å²) in [4.78, 5) is 43.5. The maximum Gasteiger partial charge on any atom is 0.243 e. The summed E-state index contributed by atoms with van der Waals surface area (Å²) in [5, 5.41) is 23.8. The van der Waals surface area contributed by atoms with Gasteiger partial charge >= 0.3 is 0 Å². The maximum atomic E-state index is 13.6. The van der Waals surface area contributed by atoms with E-state index in [4.69, 9.17) is 10.2 Å². The minimum atomic E-state index is -1.89. The molecular formula is C29H31N3O5S. The maximum absolute atomic E-state index is 13.6. The van der Waals surface area contributed by atoms with E-state index in [9.17, 15) is 14.4 Å². The van der Waals surface area contributed by atoms with Crippen LogP contribution in [0.2, 0.25) is 0 Å². The topological polar surface area (TPSA) is 120 Å². The zero-order valence-corrected chi connectivity index (χ0v) is 21.8. The summed E-state index contributed by atoms with van der Waals surface area (Å²) in [5.74, 6) is 1.04. The first-order valence-corrected chi connectivity index (χ1v) is 13.8. The lowest BCUT2D eigenvalue weighted by molar-refractivity contribution is -0.140. The Morgan fingerprint density at radius 3 is 2.58 bits per heavy atom. The fraction of sp³-hybridized carbons (Fsp3) is 0.345. The molecule has 2 heterocycles. The Morgan fingerprint density at radius 2 is 1.84 bits per heavy atom. The second kappa shape index (κ2) is 13.3. The largest absolute Gasteiger partial charge is 0.364 e. The summed E-state index contributed by atoms with van der Waals surface area (Å²) in [6.45, 7) is 0.468. The van der Waals surface area contributed by atoms with Gasteiger partial charge in [0.1, 0.15) is 12.0 Å². The van der Waals surface area contributed by atoms with E-state index in [1.54, 1.807) is 11.1 Å². The SMILES string of the molecule is O=C=C(CSCC(=O)N1CCCC[C@H]1C(=O)NC(Cc1ccc2ccccc2c1)c1ccccn1)C(O)O. The molecule has 2 amide bonds. The van der Waals surface area contributed by atoms with E-state index >= 15 is 0 Å². The number of benzene rings is 2. The minimum absolute atomic E-state index is 0.0163. The van der Waals surface area contributed by atoms with Crippen LogP contribution in [0, 0.1) is 0 Å². The number of aromatic nitrogens is 1. The highest BCUT2D eigenvalue weighted by Gasteiger charge is 2.33. The van der Waals surface area contributed by atoms with Crippen molar-refractivity contribution >= 4 is 40.3 Å². The number of likely N-dealkylation sites (tertiary alicyclic amines) is 1. The molecule has 0 saturated carbocycles. The number of rotatable bonds is 10. The fourth-order valence-corrected chi connectivity index (χ4v) is 5.54. The van der Waals surface area contributed by atoms with Gasteiger partial charge in [-0.05, 0) is 54.2 Å². The van der Waals surface area contributed by atoms with Crippen LogP contribution in [0.4, 0.5) is 0 Å². The number of hydrogen-bond acceptors (Lipinski definition) is 7.